The van der Waals surface area contributed by atoms with Gasteiger partial charge in [0.1, 0.15) is 0 Å². The normalized spacial score (nSPS) is 16.0. The highest BCUT2D eigenvalue weighted by molar-refractivity contribution is 5.27. The first-order valence-electron chi connectivity index (χ1n) is 4.91. The monoisotopic (exact) mass is 181 g/mol. The molecule has 1 atom stereocenters. The van der Waals surface area contributed by atoms with Crippen molar-refractivity contribution in [1.82, 2.24) is 4.90 Å². The molecule has 1 unspecified atom stereocenters. The predicted octanol–water partition coefficient (Wildman–Crippen LogP) is 3.10. The maximum absolute atomic E-state index is 3.83. The number of nitrogens with zero attached hydrogens (tertiary/aromatic N) is 1. The van der Waals surface area contributed by atoms with E-state index in [9.17, 15) is 0 Å². The van der Waals surface area contributed by atoms with Crippen LogP contribution >= 0.6 is 0 Å². The Labute approximate surface area is 83.1 Å². The fourth-order valence-corrected chi connectivity index (χ4v) is 1.66. The van der Waals surface area contributed by atoms with E-state index in [1.54, 1.807) is 0 Å². The van der Waals surface area contributed by atoms with Crippen molar-refractivity contribution >= 4 is 0 Å². The third-order valence-corrected chi connectivity index (χ3v) is 2.61. The summed E-state index contributed by atoms with van der Waals surface area (Å²) in [6, 6.07) is 0.498. The van der Waals surface area contributed by atoms with E-state index in [-0.39, 0.29) is 0 Å². The van der Waals surface area contributed by atoms with Crippen LogP contribution in [0.25, 0.3) is 0 Å². The summed E-state index contributed by atoms with van der Waals surface area (Å²) in [6.07, 6.45) is 1.95. The average molecular weight is 181 g/mol. The Balaban J connectivity index is 4.92. The molecule has 0 aliphatic rings. The van der Waals surface area contributed by atoms with Gasteiger partial charge in [-0.2, -0.15) is 0 Å². The summed E-state index contributed by atoms with van der Waals surface area (Å²) in [5.41, 5.74) is 2.80. The Hall–Kier alpha value is -0.560. The highest BCUT2D eigenvalue weighted by Crippen LogP contribution is 2.21. The molecule has 0 rings (SSSR count). The summed E-state index contributed by atoms with van der Waals surface area (Å²) in [4.78, 5) is 2.24. The minimum absolute atomic E-state index is 0.498. The van der Waals surface area contributed by atoms with Crippen LogP contribution in [-0.2, 0) is 0 Å². The van der Waals surface area contributed by atoms with Gasteiger partial charge in [-0.1, -0.05) is 32.1 Å². The Bertz CT molecular complexity index is 199. The maximum Gasteiger partial charge on any atom is 0.0281 e. The lowest BCUT2D eigenvalue weighted by molar-refractivity contribution is 0.333. The summed E-state index contributed by atoms with van der Waals surface area (Å²) < 4.78 is 0. The molecule has 1 heteroatoms. The molecule has 0 spiro atoms. The zero-order chi connectivity index (χ0) is 10.6. The number of hydrogen-bond donors (Lipinski definition) is 0. The van der Waals surface area contributed by atoms with Gasteiger partial charge in [-0.25, -0.2) is 0 Å². The zero-order valence-electron chi connectivity index (χ0n) is 9.89. The highest BCUT2D eigenvalue weighted by Gasteiger charge is 2.15. The van der Waals surface area contributed by atoms with E-state index >= 15 is 0 Å². The molecule has 0 aromatic heterocycles. The smallest absolute Gasteiger partial charge is 0.0281 e. The van der Waals surface area contributed by atoms with Gasteiger partial charge in [0.25, 0.3) is 0 Å². The molecule has 0 saturated heterocycles. The van der Waals surface area contributed by atoms with Crippen LogP contribution < -0.4 is 0 Å². The molecule has 0 bridgehead atoms. The molecule has 0 saturated carbocycles. The molecule has 76 valence electrons. The molecule has 0 radical (unpaired) electrons. The van der Waals surface area contributed by atoms with Crippen LogP contribution in [0.4, 0.5) is 0 Å². The minimum Gasteiger partial charge on any atom is -0.303 e. The van der Waals surface area contributed by atoms with Gasteiger partial charge in [0.15, 0.2) is 0 Å². The summed E-state index contributed by atoms with van der Waals surface area (Å²) in [5, 5.41) is 0. The molecule has 0 aliphatic heterocycles. The molecule has 0 aliphatic carbocycles. The van der Waals surface area contributed by atoms with Crippen LogP contribution in [0.3, 0.4) is 0 Å². The summed E-state index contributed by atoms with van der Waals surface area (Å²) in [7, 11) is 4.23. The molecule has 0 N–H and O–H groups in total. The molecule has 0 fully saturated rings. The van der Waals surface area contributed by atoms with Crippen molar-refractivity contribution < 1.29 is 0 Å². The second-order valence-corrected chi connectivity index (χ2v) is 4.14. The van der Waals surface area contributed by atoms with Crippen LogP contribution in [0.1, 0.15) is 27.7 Å². The van der Waals surface area contributed by atoms with Crippen LogP contribution in [0, 0.1) is 5.92 Å². The number of rotatable bonds is 4. The molecule has 0 heterocycles. The Kier molecular flexibility index (Phi) is 5.01. The Morgan fingerprint density at radius 2 is 1.69 bits per heavy atom. The Morgan fingerprint density at radius 1 is 1.23 bits per heavy atom. The van der Waals surface area contributed by atoms with Gasteiger partial charge in [-0.15, -0.1) is 0 Å². The van der Waals surface area contributed by atoms with E-state index in [1.165, 1.54) is 11.1 Å². The van der Waals surface area contributed by atoms with Crippen LogP contribution in [0.15, 0.2) is 23.8 Å². The van der Waals surface area contributed by atoms with Gasteiger partial charge < -0.3 is 4.90 Å². The maximum atomic E-state index is 3.83. The van der Waals surface area contributed by atoms with Gasteiger partial charge in [0.05, 0.1) is 0 Å². The summed E-state index contributed by atoms with van der Waals surface area (Å²) >= 11 is 0. The second-order valence-electron chi connectivity index (χ2n) is 4.14. The number of likely N-dealkylation sites (N-methyl/N-ethyl adjacent to an activating group) is 1. The Morgan fingerprint density at radius 3 is 1.92 bits per heavy atom. The van der Waals surface area contributed by atoms with E-state index in [0.717, 1.165) is 0 Å². The summed E-state index contributed by atoms with van der Waals surface area (Å²) in [6.45, 7) is 12.7. The minimum atomic E-state index is 0.498. The van der Waals surface area contributed by atoms with Gasteiger partial charge in [0, 0.05) is 6.04 Å². The first-order valence-corrected chi connectivity index (χ1v) is 4.91. The molecule has 13 heavy (non-hydrogen) atoms. The van der Waals surface area contributed by atoms with Gasteiger partial charge in [-0.05, 0) is 39.4 Å². The van der Waals surface area contributed by atoms with Crippen molar-refractivity contribution in [3.63, 3.8) is 0 Å². The van der Waals surface area contributed by atoms with Crippen molar-refractivity contribution in [3.8, 4) is 0 Å². The first kappa shape index (κ1) is 12.4. The van der Waals surface area contributed by atoms with Crippen molar-refractivity contribution in [2.75, 3.05) is 14.1 Å². The molecular formula is C12H23N. The molecular weight excluding hydrogens is 158 g/mol. The largest absolute Gasteiger partial charge is 0.303 e. The lowest BCUT2D eigenvalue weighted by Crippen LogP contribution is -2.29. The fourth-order valence-electron chi connectivity index (χ4n) is 1.66. The van der Waals surface area contributed by atoms with Crippen molar-refractivity contribution in [1.29, 1.82) is 0 Å². The first-order chi connectivity index (χ1) is 5.91. The third kappa shape index (κ3) is 3.35. The predicted molar refractivity (Wildman–Crippen MR) is 60.9 cm³/mol. The summed E-state index contributed by atoms with van der Waals surface area (Å²) in [5.74, 6) is 0.593. The van der Waals surface area contributed by atoms with Crippen LogP contribution in [0.2, 0.25) is 0 Å². The lowest BCUT2D eigenvalue weighted by atomic mass is 9.91. The molecule has 1 nitrogen and oxygen atoms in total. The van der Waals surface area contributed by atoms with Gasteiger partial charge >= 0.3 is 0 Å². The lowest BCUT2D eigenvalue weighted by Gasteiger charge is -2.27. The molecule has 0 aromatic carbocycles. The van der Waals surface area contributed by atoms with Crippen molar-refractivity contribution in [3.05, 3.63) is 23.8 Å². The van der Waals surface area contributed by atoms with Gasteiger partial charge in [0.2, 0.25) is 0 Å². The third-order valence-electron chi connectivity index (χ3n) is 2.61. The molecule has 0 aromatic rings. The van der Waals surface area contributed by atoms with Crippen molar-refractivity contribution in [2.45, 2.75) is 33.7 Å². The molecule has 0 amide bonds. The van der Waals surface area contributed by atoms with E-state index in [2.05, 4.69) is 53.3 Å². The standard InChI is InChI=1S/C12H23N/c1-8-10(4)12(9(2)3)11(5)13(6)7/h8-9,11H,1H2,2-7H3/b12-10+. The van der Waals surface area contributed by atoms with Crippen LogP contribution in [0.5, 0.6) is 0 Å². The average Bonchev–Trinajstić information content (AvgIpc) is 2.03. The van der Waals surface area contributed by atoms with E-state index < -0.39 is 0 Å². The van der Waals surface area contributed by atoms with E-state index in [1.807, 2.05) is 6.08 Å². The quantitative estimate of drug-likeness (QED) is 0.602. The highest BCUT2D eigenvalue weighted by atomic mass is 15.1. The topological polar surface area (TPSA) is 3.24 Å². The zero-order valence-corrected chi connectivity index (χ0v) is 9.89. The van der Waals surface area contributed by atoms with Crippen LogP contribution in [-0.4, -0.2) is 25.0 Å². The number of allylic oxidation sites excluding steroid dienone is 2. The second kappa shape index (κ2) is 5.23. The van der Waals surface area contributed by atoms with Gasteiger partial charge in [-0.3, -0.25) is 0 Å². The van der Waals surface area contributed by atoms with Crippen molar-refractivity contribution in [2.24, 2.45) is 5.92 Å². The fraction of sp³-hybridized carbons (Fsp3) is 0.667. The number of hydrogen-bond acceptors (Lipinski definition) is 1. The van der Waals surface area contributed by atoms with E-state index in [0.29, 0.717) is 12.0 Å². The van der Waals surface area contributed by atoms with E-state index in [4.69, 9.17) is 0 Å². The SMILES string of the molecule is C=C/C(C)=C(\C(C)C)C(C)N(C)C.